The van der Waals surface area contributed by atoms with Crippen molar-refractivity contribution >= 4 is 27.4 Å². The minimum atomic E-state index is -3.99. The molecule has 31 heavy (non-hydrogen) atoms. The lowest BCUT2D eigenvalue weighted by atomic mass is 9.92. The molecule has 3 rings (SSSR count). The van der Waals surface area contributed by atoms with Crippen molar-refractivity contribution in [2.45, 2.75) is 38.0 Å². The van der Waals surface area contributed by atoms with E-state index in [2.05, 4.69) is 20.2 Å². The van der Waals surface area contributed by atoms with E-state index in [4.69, 9.17) is 4.74 Å². The predicted octanol–water partition coefficient (Wildman–Crippen LogP) is 4.08. The molecule has 1 aromatic heterocycles. The SMILES string of the molecule is COc1ccc(C(=O)Nc2cc(C(C)(C)C)[nH]n2)cc1S(=O)(=O)Nc1ccc(C)cc1. The number of methoxy groups -OCH3 is 1. The number of aromatic amines is 1. The number of benzene rings is 2. The number of anilines is 2. The topological polar surface area (TPSA) is 113 Å². The summed E-state index contributed by atoms with van der Waals surface area (Å²) in [5.74, 6) is 0.000258. The summed E-state index contributed by atoms with van der Waals surface area (Å²) in [5, 5.41) is 9.69. The number of nitrogens with one attached hydrogen (secondary N) is 3. The average molecular weight is 443 g/mol. The number of ether oxygens (including phenoxy) is 1. The molecule has 0 aliphatic rings. The van der Waals surface area contributed by atoms with Crippen LogP contribution in [0.3, 0.4) is 0 Å². The number of sulfonamides is 1. The van der Waals surface area contributed by atoms with E-state index in [0.717, 1.165) is 11.3 Å². The van der Waals surface area contributed by atoms with Crippen LogP contribution in [0.1, 0.15) is 42.4 Å². The molecule has 164 valence electrons. The summed E-state index contributed by atoms with van der Waals surface area (Å²) in [7, 11) is -2.62. The van der Waals surface area contributed by atoms with Crippen molar-refractivity contribution in [2.24, 2.45) is 0 Å². The molecule has 0 spiro atoms. The van der Waals surface area contributed by atoms with Crippen molar-refractivity contribution in [2.75, 3.05) is 17.1 Å². The minimum Gasteiger partial charge on any atom is -0.495 e. The summed E-state index contributed by atoms with van der Waals surface area (Å²) < 4.78 is 33.7. The van der Waals surface area contributed by atoms with Gasteiger partial charge >= 0.3 is 0 Å². The Morgan fingerprint density at radius 3 is 2.32 bits per heavy atom. The molecule has 0 fully saturated rings. The number of aromatic nitrogens is 2. The maximum Gasteiger partial charge on any atom is 0.265 e. The lowest BCUT2D eigenvalue weighted by Crippen LogP contribution is -2.17. The fourth-order valence-corrected chi connectivity index (χ4v) is 4.07. The number of nitrogens with zero attached hydrogens (tertiary/aromatic N) is 1. The smallest absolute Gasteiger partial charge is 0.265 e. The van der Waals surface area contributed by atoms with Crippen LogP contribution in [-0.2, 0) is 15.4 Å². The Morgan fingerprint density at radius 1 is 1.06 bits per heavy atom. The molecule has 3 N–H and O–H groups in total. The molecule has 9 heteroatoms. The Balaban J connectivity index is 1.88. The largest absolute Gasteiger partial charge is 0.495 e. The van der Waals surface area contributed by atoms with Gasteiger partial charge in [0.2, 0.25) is 0 Å². The number of rotatable bonds is 6. The van der Waals surface area contributed by atoms with E-state index in [1.54, 1.807) is 30.3 Å². The molecule has 0 bridgehead atoms. The van der Waals surface area contributed by atoms with E-state index in [9.17, 15) is 13.2 Å². The molecule has 0 aliphatic heterocycles. The number of aryl methyl sites for hydroxylation is 1. The van der Waals surface area contributed by atoms with Gasteiger partial charge in [0.1, 0.15) is 10.6 Å². The van der Waals surface area contributed by atoms with Crippen LogP contribution in [0.15, 0.2) is 53.4 Å². The Morgan fingerprint density at radius 2 is 1.74 bits per heavy atom. The van der Waals surface area contributed by atoms with Crippen LogP contribution in [0.2, 0.25) is 0 Å². The molecule has 1 heterocycles. The lowest BCUT2D eigenvalue weighted by molar-refractivity contribution is 0.102. The average Bonchev–Trinajstić information content (AvgIpc) is 3.18. The van der Waals surface area contributed by atoms with Crippen LogP contribution in [0, 0.1) is 6.92 Å². The van der Waals surface area contributed by atoms with Crippen molar-refractivity contribution < 1.29 is 17.9 Å². The maximum absolute atomic E-state index is 13.0. The highest BCUT2D eigenvalue weighted by atomic mass is 32.2. The Kier molecular flexibility index (Phi) is 6.08. The Labute approximate surface area is 182 Å². The molecule has 0 atom stereocenters. The van der Waals surface area contributed by atoms with E-state index in [1.807, 2.05) is 27.7 Å². The van der Waals surface area contributed by atoms with Crippen LogP contribution in [0.25, 0.3) is 0 Å². The van der Waals surface area contributed by atoms with Crippen LogP contribution in [0.4, 0.5) is 11.5 Å². The van der Waals surface area contributed by atoms with Gasteiger partial charge in [-0.2, -0.15) is 5.10 Å². The third-order valence-electron chi connectivity index (χ3n) is 4.65. The van der Waals surface area contributed by atoms with Crippen molar-refractivity contribution in [3.63, 3.8) is 0 Å². The molecule has 0 saturated carbocycles. The van der Waals surface area contributed by atoms with Crippen molar-refractivity contribution in [1.29, 1.82) is 0 Å². The number of hydrogen-bond donors (Lipinski definition) is 3. The van der Waals surface area contributed by atoms with Gasteiger partial charge in [-0.25, -0.2) is 8.42 Å². The van der Waals surface area contributed by atoms with E-state index >= 15 is 0 Å². The van der Waals surface area contributed by atoms with E-state index < -0.39 is 15.9 Å². The summed E-state index contributed by atoms with van der Waals surface area (Å²) in [4.78, 5) is 12.6. The normalized spacial score (nSPS) is 11.8. The fourth-order valence-electron chi connectivity index (χ4n) is 2.82. The maximum atomic E-state index is 13.0. The third kappa shape index (κ3) is 5.24. The zero-order chi connectivity index (χ0) is 22.8. The van der Waals surface area contributed by atoms with E-state index in [-0.39, 0.29) is 21.6 Å². The second-order valence-electron chi connectivity index (χ2n) is 8.21. The van der Waals surface area contributed by atoms with Gasteiger partial charge in [-0.1, -0.05) is 38.5 Å². The van der Waals surface area contributed by atoms with E-state index in [0.29, 0.717) is 11.5 Å². The number of carbonyl (C=O) groups is 1. The van der Waals surface area contributed by atoms with Gasteiger partial charge in [0.05, 0.1) is 7.11 Å². The van der Waals surface area contributed by atoms with E-state index in [1.165, 1.54) is 25.3 Å². The number of amides is 1. The van der Waals surface area contributed by atoms with Gasteiger partial charge in [0.25, 0.3) is 15.9 Å². The van der Waals surface area contributed by atoms with Gasteiger partial charge in [0.15, 0.2) is 5.82 Å². The highest BCUT2D eigenvalue weighted by Crippen LogP contribution is 2.28. The zero-order valence-corrected chi connectivity index (χ0v) is 18.9. The van der Waals surface area contributed by atoms with Gasteiger partial charge in [-0.15, -0.1) is 0 Å². The molecule has 3 aromatic rings. The van der Waals surface area contributed by atoms with Crippen molar-refractivity contribution in [3.05, 3.63) is 65.4 Å². The molecule has 2 aromatic carbocycles. The monoisotopic (exact) mass is 442 g/mol. The molecular weight excluding hydrogens is 416 g/mol. The van der Waals surface area contributed by atoms with Crippen LogP contribution < -0.4 is 14.8 Å². The van der Waals surface area contributed by atoms with Crippen molar-refractivity contribution in [3.8, 4) is 5.75 Å². The minimum absolute atomic E-state index is 0.131. The second kappa shape index (κ2) is 8.43. The summed E-state index contributed by atoms with van der Waals surface area (Å²) in [6.07, 6.45) is 0. The molecule has 0 saturated heterocycles. The highest BCUT2D eigenvalue weighted by Gasteiger charge is 2.23. The number of H-pyrrole nitrogens is 1. The van der Waals surface area contributed by atoms with Crippen LogP contribution in [0.5, 0.6) is 5.75 Å². The van der Waals surface area contributed by atoms with Gasteiger partial charge < -0.3 is 10.1 Å². The van der Waals surface area contributed by atoms with Crippen LogP contribution in [-0.4, -0.2) is 31.6 Å². The first kappa shape index (κ1) is 22.4. The zero-order valence-electron chi connectivity index (χ0n) is 18.1. The summed E-state index contributed by atoms with van der Waals surface area (Å²) in [6, 6.07) is 12.9. The second-order valence-corrected chi connectivity index (χ2v) is 9.86. The fraction of sp³-hybridized carbons (Fsp3) is 0.273. The lowest BCUT2D eigenvalue weighted by Gasteiger charge is -2.14. The molecule has 0 radical (unpaired) electrons. The molecule has 0 unspecified atom stereocenters. The molecule has 0 aliphatic carbocycles. The van der Waals surface area contributed by atoms with Gasteiger partial charge in [0, 0.05) is 28.4 Å². The van der Waals surface area contributed by atoms with Gasteiger partial charge in [-0.3, -0.25) is 14.6 Å². The molecular formula is C22H26N4O4S. The Hall–Kier alpha value is -3.33. The molecule has 1 amide bonds. The highest BCUT2D eigenvalue weighted by molar-refractivity contribution is 7.92. The van der Waals surface area contributed by atoms with Gasteiger partial charge in [-0.05, 0) is 37.3 Å². The quantitative estimate of drug-likeness (QED) is 0.532. The first-order valence-corrected chi connectivity index (χ1v) is 11.1. The Bertz CT molecular complexity index is 1190. The standard InChI is InChI=1S/C22H26N4O4S/c1-14-6-9-16(10-7-14)26-31(28,29)18-12-15(8-11-17(18)30-5)21(27)23-20-13-19(24-25-20)22(2,3)4/h6-13,26H,1-5H3,(H2,23,24,25,27). The summed E-state index contributed by atoms with van der Waals surface area (Å²) >= 11 is 0. The third-order valence-corrected chi connectivity index (χ3v) is 6.05. The summed E-state index contributed by atoms with van der Waals surface area (Å²) in [5.41, 5.74) is 2.29. The number of hydrogen-bond acceptors (Lipinski definition) is 5. The number of carbonyl (C=O) groups excluding carboxylic acids is 1. The first-order valence-electron chi connectivity index (χ1n) is 9.64. The van der Waals surface area contributed by atoms with Crippen LogP contribution >= 0.6 is 0 Å². The predicted molar refractivity (Wildman–Crippen MR) is 120 cm³/mol. The summed E-state index contributed by atoms with van der Waals surface area (Å²) in [6.45, 7) is 7.97. The molecule has 8 nitrogen and oxygen atoms in total. The first-order chi connectivity index (χ1) is 14.5. The van der Waals surface area contributed by atoms with Crippen molar-refractivity contribution in [1.82, 2.24) is 10.2 Å².